The van der Waals surface area contributed by atoms with E-state index in [1.54, 1.807) is 6.20 Å². The van der Waals surface area contributed by atoms with Crippen molar-refractivity contribution >= 4 is 0 Å². The van der Waals surface area contributed by atoms with Crippen LogP contribution in [0.4, 0.5) is 8.78 Å². The topological polar surface area (TPSA) is 42.7 Å². The summed E-state index contributed by atoms with van der Waals surface area (Å²) in [4.78, 5) is 0. The summed E-state index contributed by atoms with van der Waals surface area (Å²) in [5.74, 6) is -0.747. The largest absolute Gasteiger partial charge is 0.311 e. The van der Waals surface area contributed by atoms with Crippen LogP contribution < -0.4 is 5.32 Å². The Labute approximate surface area is 110 Å². The molecule has 0 spiro atoms. The molecule has 0 radical (unpaired) electrons. The highest BCUT2D eigenvalue weighted by atomic mass is 19.1. The summed E-state index contributed by atoms with van der Waals surface area (Å²) >= 11 is 0. The molecule has 6 heteroatoms. The molecule has 1 N–H and O–H groups in total. The van der Waals surface area contributed by atoms with Crippen molar-refractivity contribution in [2.75, 3.05) is 6.54 Å². The average Bonchev–Trinajstić information content (AvgIpc) is 2.77. The van der Waals surface area contributed by atoms with E-state index in [0.29, 0.717) is 12.5 Å². The van der Waals surface area contributed by atoms with E-state index in [0.717, 1.165) is 18.3 Å². The fourth-order valence-corrected chi connectivity index (χ4v) is 1.72. The van der Waals surface area contributed by atoms with Gasteiger partial charge in [0, 0.05) is 12.6 Å². The first-order valence-electron chi connectivity index (χ1n) is 6.13. The molecule has 1 aromatic carbocycles. The highest BCUT2D eigenvalue weighted by molar-refractivity contribution is 5.34. The number of hydrogen-bond donors (Lipinski definition) is 1. The number of nitrogens with one attached hydrogen (secondary N) is 1. The standard InChI is InChI=1S/C13H16F2N4/c1-9(2)6-16-7-11-8-17-18-19(11)13-4-3-10(14)5-12(13)15/h3-5,8-9,16H,6-7H2,1-2H3. The summed E-state index contributed by atoms with van der Waals surface area (Å²) in [7, 11) is 0. The average molecular weight is 266 g/mol. The van der Waals surface area contributed by atoms with Crippen LogP contribution in [0.1, 0.15) is 19.5 Å². The summed E-state index contributed by atoms with van der Waals surface area (Å²) in [5, 5.41) is 10.8. The Morgan fingerprint density at radius 2 is 2.11 bits per heavy atom. The molecule has 2 aromatic rings. The van der Waals surface area contributed by atoms with Crippen molar-refractivity contribution in [2.24, 2.45) is 5.92 Å². The van der Waals surface area contributed by atoms with Crippen LogP contribution in [0.5, 0.6) is 0 Å². The molecule has 1 aromatic heterocycles. The van der Waals surface area contributed by atoms with Gasteiger partial charge in [0.15, 0.2) is 5.82 Å². The van der Waals surface area contributed by atoms with Crippen LogP contribution in [0.15, 0.2) is 24.4 Å². The monoisotopic (exact) mass is 266 g/mol. The molecule has 0 saturated heterocycles. The number of hydrogen-bond acceptors (Lipinski definition) is 3. The van der Waals surface area contributed by atoms with Crippen LogP contribution in [0.25, 0.3) is 5.69 Å². The van der Waals surface area contributed by atoms with Crippen molar-refractivity contribution in [3.8, 4) is 5.69 Å². The zero-order valence-electron chi connectivity index (χ0n) is 10.9. The van der Waals surface area contributed by atoms with Crippen LogP contribution >= 0.6 is 0 Å². The molecular formula is C13H16F2N4. The molecule has 4 nitrogen and oxygen atoms in total. The Balaban J connectivity index is 2.19. The molecule has 0 fully saturated rings. The van der Waals surface area contributed by atoms with Crippen molar-refractivity contribution in [3.63, 3.8) is 0 Å². The summed E-state index contributed by atoms with van der Waals surface area (Å²) in [6.07, 6.45) is 1.57. The lowest BCUT2D eigenvalue weighted by Gasteiger charge is -2.09. The number of nitrogens with zero attached hydrogens (tertiary/aromatic N) is 3. The minimum atomic E-state index is -0.657. The minimum absolute atomic E-state index is 0.195. The Kier molecular flexibility index (Phi) is 4.21. The van der Waals surface area contributed by atoms with Crippen molar-refractivity contribution in [1.29, 1.82) is 0 Å². The maximum Gasteiger partial charge on any atom is 0.151 e. The fraction of sp³-hybridized carbons (Fsp3) is 0.385. The summed E-state index contributed by atoms with van der Waals surface area (Å²) in [5.41, 5.74) is 0.923. The highest BCUT2D eigenvalue weighted by Gasteiger charge is 2.11. The van der Waals surface area contributed by atoms with Gasteiger partial charge in [-0.1, -0.05) is 19.1 Å². The van der Waals surface area contributed by atoms with Gasteiger partial charge in [-0.2, -0.15) is 0 Å². The van der Waals surface area contributed by atoms with E-state index in [1.165, 1.54) is 16.8 Å². The van der Waals surface area contributed by atoms with Crippen molar-refractivity contribution in [1.82, 2.24) is 20.3 Å². The van der Waals surface area contributed by atoms with Gasteiger partial charge in [0.1, 0.15) is 11.5 Å². The quantitative estimate of drug-likeness (QED) is 0.903. The van der Waals surface area contributed by atoms with Gasteiger partial charge in [0.05, 0.1) is 11.9 Å². The second kappa shape index (κ2) is 5.88. The number of halogens is 2. The van der Waals surface area contributed by atoms with Gasteiger partial charge in [-0.25, -0.2) is 13.5 Å². The lowest BCUT2D eigenvalue weighted by Crippen LogP contribution is -2.21. The van der Waals surface area contributed by atoms with E-state index in [2.05, 4.69) is 29.5 Å². The third-order valence-electron chi connectivity index (χ3n) is 2.62. The van der Waals surface area contributed by atoms with E-state index in [4.69, 9.17) is 0 Å². The van der Waals surface area contributed by atoms with E-state index in [-0.39, 0.29) is 5.69 Å². The number of rotatable bonds is 5. The molecule has 102 valence electrons. The van der Waals surface area contributed by atoms with Crippen molar-refractivity contribution < 1.29 is 8.78 Å². The van der Waals surface area contributed by atoms with Crippen molar-refractivity contribution in [3.05, 3.63) is 41.7 Å². The van der Waals surface area contributed by atoms with Gasteiger partial charge in [-0.3, -0.25) is 0 Å². The highest BCUT2D eigenvalue weighted by Crippen LogP contribution is 2.15. The maximum atomic E-state index is 13.7. The molecule has 0 bridgehead atoms. The lowest BCUT2D eigenvalue weighted by molar-refractivity contribution is 0.536. The molecule has 0 aliphatic heterocycles. The second-order valence-electron chi connectivity index (χ2n) is 4.76. The van der Waals surface area contributed by atoms with Gasteiger partial charge in [-0.15, -0.1) is 5.10 Å². The van der Waals surface area contributed by atoms with Crippen LogP contribution in [0.2, 0.25) is 0 Å². The van der Waals surface area contributed by atoms with E-state index in [1.807, 2.05) is 0 Å². The van der Waals surface area contributed by atoms with Crippen LogP contribution in [-0.4, -0.2) is 21.5 Å². The third-order valence-corrected chi connectivity index (χ3v) is 2.62. The first-order chi connectivity index (χ1) is 9.08. The Morgan fingerprint density at radius 3 is 2.79 bits per heavy atom. The normalized spacial score (nSPS) is 11.2. The van der Waals surface area contributed by atoms with Gasteiger partial charge in [-0.05, 0) is 24.6 Å². The molecule has 0 amide bonds. The second-order valence-corrected chi connectivity index (χ2v) is 4.76. The first-order valence-corrected chi connectivity index (χ1v) is 6.13. The first kappa shape index (κ1) is 13.6. The van der Waals surface area contributed by atoms with Gasteiger partial charge in [0.2, 0.25) is 0 Å². The Hall–Kier alpha value is -1.82. The molecule has 1 heterocycles. The summed E-state index contributed by atoms with van der Waals surface area (Å²) in [6.45, 7) is 5.57. The van der Waals surface area contributed by atoms with Crippen molar-refractivity contribution in [2.45, 2.75) is 20.4 Å². The number of aromatic nitrogens is 3. The predicted molar refractivity (Wildman–Crippen MR) is 67.8 cm³/mol. The molecule has 0 saturated carbocycles. The zero-order chi connectivity index (χ0) is 13.8. The van der Waals surface area contributed by atoms with Crippen LogP contribution in [0, 0.1) is 17.6 Å². The smallest absolute Gasteiger partial charge is 0.151 e. The molecular weight excluding hydrogens is 250 g/mol. The van der Waals surface area contributed by atoms with E-state index >= 15 is 0 Å². The molecule has 19 heavy (non-hydrogen) atoms. The third kappa shape index (κ3) is 3.35. The lowest BCUT2D eigenvalue weighted by atomic mass is 10.2. The molecule has 0 aliphatic rings. The predicted octanol–water partition coefficient (Wildman–Crippen LogP) is 2.29. The molecule has 0 aliphatic carbocycles. The maximum absolute atomic E-state index is 13.7. The van der Waals surface area contributed by atoms with Gasteiger partial charge >= 0.3 is 0 Å². The fourth-order valence-electron chi connectivity index (χ4n) is 1.72. The molecule has 0 unspecified atom stereocenters. The molecule has 0 atom stereocenters. The minimum Gasteiger partial charge on any atom is -0.311 e. The molecule has 2 rings (SSSR count). The Bertz CT molecular complexity index is 551. The van der Waals surface area contributed by atoms with Gasteiger partial charge in [0.25, 0.3) is 0 Å². The van der Waals surface area contributed by atoms with E-state index < -0.39 is 11.6 Å². The van der Waals surface area contributed by atoms with Crippen LogP contribution in [0.3, 0.4) is 0 Å². The summed E-state index contributed by atoms with van der Waals surface area (Å²) in [6, 6.07) is 3.39. The zero-order valence-corrected chi connectivity index (χ0v) is 10.9. The number of benzene rings is 1. The Morgan fingerprint density at radius 1 is 1.32 bits per heavy atom. The SMILES string of the molecule is CC(C)CNCc1cnnn1-c1ccc(F)cc1F. The summed E-state index contributed by atoms with van der Waals surface area (Å²) < 4.78 is 28.0. The van der Waals surface area contributed by atoms with Gasteiger partial charge < -0.3 is 5.32 Å². The van der Waals surface area contributed by atoms with E-state index in [9.17, 15) is 8.78 Å². The van der Waals surface area contributed by atoms with Crippen LogP contribution in [-0.2, 0) is 6.54 Å².